The fourth-order valence-corrected chi connectivity index (χ4v) is 2.56. The molecule has 0 fully saturated rings. The summed E-state index contributed by atoms with van der Waals surface area (Å²) in [5.74, 6) is 0.576. The number of nitrogens with zero attached hydrogens (tertiary/aromatic N) is 1. The highest BCUT2D eigenvalue weighted by molar-refractivity contribution is 8.14. The molecule has 4 nitrogen and oxygen atoms in total. The highest BCUT2D eigenvalue weighted by atomic mass is 32.2. The molecule has 1 aromatic carbocycles. The van der Waals surface area contributed by atoms with Crippen molar-refractivity contribution in [1.29, 1.82) is 0 Å². The van der Waals surface area contributed by atoms with E-state index in [9.17, 15) is 9.18 Å². The Kier molecular flexibility index (Phi) is 3.56. The molecule has 1 amide bonds. The topological polar surface area (TPSA) is 54.6 Å². The van der Waals surface area contributed by atoms with Crippen LogP contribution in [0.15, 0.2) is 45.8 Å². The molecule has 20 heavy (non-hydrogen) atoms. The first-order valence-corrected chi connectivity index (χ1v) is 7.06. The molecule has 3 rings (SSSR count). The average molecular weight is 290 g/mol. The zero-order chi connectivity index (χ0) is 13.9. The summed E-state index contributed by atoms with van der Waals surface area (Å²) in [7, 11) is 0. The van der Waals surface area contributed by atoms with E-state index in [4.69, 9.17) is 4.42 Å². The number of amides is 1. The van der Waals surface area contributed by atoms with Gasteiger partial charge < -0.3 is 4.42 Å². The first-order chi connectivity index (χ1) is 9.74. The van der Waals surface area contributed by atoms with Crippen LogP contribution in [-0.4, -0.2) is 23.4 Å². The Hall–Kier alpha value is -2.08. The maximum atomic E-state index is 13.6. The Morgan fingerprint density at radius 1 is 1.30 bits per heavy atom. The fraction of sp³-hybridized carbons (Fsp3) is 0.143. The van der Waals surface area contributed by atoms with Crippen LogP contribution in [0.1, 0.15) is 10.6 Å². The molecule has 0 spiro atoms. The molecule has 0 saturated carbocycles. The number of hydrogen-bond acceptors (Lipinski definition) is 4. The van der Waals surface area contributed by atoms with Crippen LogP contribution >= 0.6 is 11.8 Å². The van der Waals surface area contributed by atoms with Gasteiger partial charge in [-0.25, -0.2) is 4.39 Å². The third-order valence-electron chi connectivity index (χ3n) is 2.78. The van der Waals surface area contributed by atoms with Gasteiger partial charge in [0, 0.05) is 5.75 Å². The summed E-state index contributed by atoms with van der Waals surface area (Å²) < 4.78 is 19.0. The lowest BCUT2D eigenvalue weighted by Crippen LogP contribution is -2.26. The number of aliphatic imine (C=N–C) groups is 1. The normalized spacial score (nSPS) is 14.2. The summed E-state index contributed by atoms with van der Waals surface area (Å²) in [4.78, 5) is 16.1. The second-order valence-corrected chi connectivity index (χ2v) is 5.22. The van der Waals surface area contributed by atoms with Gasteiger partial charge in [0.2, 0.25) is 0 Å². The molecule has 2 heterocycles. The number of nitrogens with one attached hydrogen (secondary N) is 1. The summed E-state index contributed by atoms with van der Waals surface area (Å²) in [6, 6.07) is 9.37. The van der Waals surface area contributed by atoms with Crippen molar-refractivity contribution in [2.75, 3.05) is 12.3 Å². The van der Waals surface area contributed by atoms with Crippen LogP contribution in [0.4, 0.5) is 4.39 Å². The van der Waals surface area contributed by atoms with E-state index >= 15 is 0 Å². The van der Waals surface area contributed by atoms with Gasteiger partial charge in [0.1, 0.15) is 11.6 Å². The van der Waals surface area contributed by atoms with Gasteiger partial charge in [-0.05, 0) is 24.3 Å². The predicted molar refractivity (Wildman–Crippen MR) is 76.3 cm³/mol. The summed E-state index contributed by atoms with van der Waals surface area (Å²) in [5.41, 5.74) is 0.333. The zero-order valence-electron chi connectivity index (χ0n) is 10.4. The molecule has 102 valence electrons. The number of carbonyl (C=O) groups is 1. The van der Waals surface area contributed by atoms with Gasteiger partial charge in [-0.1, -0.05) is 23.9 Å². The van der Waals surface area contributed by atoms with E-state index in [-0.39, 0.29) is 17.5 Å². The largest absolute Gasteiger partial charge is 0.451 e. The smallest absolute Gasteiger partial charge is 0.292 e. The van der Waals surface area contributed by atoms with Gasteiger partial charge in [0.05, 0.1) is 12.1 Å². The first kappa shape index (κ1) is 12.9. The molecule has 0 radical (unpaired) electrons. The lowest BCUT2D eigenvalue weighted by Gasteiger charge is -2.01. The maximum absolute atomic E-state index is 13.6. The van der Waals surface area contributed by atoms with Crippen LogP contribution in [0.25, 0.3) is 11.3 Å². The van der Waals surface area contributed by atoms with Gasteiger partial charge in [0.15, 0.2) is 10.9 Å². The van der Waals surface area contributed by atoms with Crippen LogP contribution < -0.4 is 5.32 Å². The molecule has 2 aromatic rings. The van der Waals surface area contributed by atoms with Crippen molar-refractivity contribution in [2.24, 2.45) is 4.99 Å². The molecule has 0 atom stereocenters. The Bertz CT molecular complexity index is 681. The minimum absolute atomic E-state index is 0.137. The number of amidine groups is 1. The highest BCUT2D eigenvalue weighted by Crippen LogP contribution is 2.24. The summed E-state index contributed by atoms with van der Waals surface area (Å²) in [5, 5.41) is 3.26. The minimum atomic E-state index is -0.385. The third kappa shape index (κ3) is 2.60. The molecular weight excluding hydrogens is 279 g/mol. The predicted octanol–water partition coefficient (Wildman–Crippen LogP) is 2.92. The summed E-state index contributed by atoms with van der Waals surface area (Å²) in [6.45, 7) is 0.707. The monoisotopic (exact) mass is 290 g/mol. The lowest BCUT2D eigenvalue weighted by molar-refractivity contribution is 0.0951. The van der Waals surface area contributed by atoms with Gasteiger partial charge >= 0.3 is 0 Å². The van der Waals surface area contributed by atoms with E-state index in [2.05, 4.69) is 10.3 Å². The molecule has 0 unspecified atom stereocenters. The molecule has 1 N–H and O–H groups in total. The standard InChI is InChI=1S/C14H11FN2O2S/c15-10-4-2-1-3-9(10)11-5-6-12(19-11)13(18)17-14-16-7-8-20-14/h1-6H,7-8H2,(H,16,17,18). The number of furan rings is 1. The molecule has 0 aliphatic carbocycles. The van der Waals surface area contributed by atoms with Crippen LogP contribution in [0.5, 0.6) is 0 Å². The quantitative estimate of drug-likeness (QED) is 0.925. The molecular formula is C14H11FN2O2S. The van der Waals surface area contributed by atoms with Gasteiger partial charge in [0.25, 0.3) is 5.91 Å². The van der Waals surface area contributed by atoms with Crippen molar-refractivity contribution in [3.63, 3.8) is 0 Å². The molecule has 0 saturated heterocycles. The Balaban J connectivity index is 1.80. The highest BCUT2D eigenvalue weighted by Gasteiger charge is 2.17. The SMILES string of the molecule is O=C(NC1=NCCS1)c1ccc(-c2ccccc2F)o1. The number of hydrogen-bond donors (Lipinski definition) is 1. The summed E-state index contributed by atoms with van der Waals surface area (Å²) in [6.07, 6.45) is 0. The molecule has 1 aromatic heterocycles. The second-order valence-electron chi connectivity index (χ2n) is 4.13. The average Bonchev–Trinajstić information content (AvgIpc) is 3.10. The molecule has 1 aliphatic rings. The Morgan fingerprint density at radius 2 is 2.15 bits per heavy atom. The summed E-state index contributed by atoms with van der Waals surface area (Å²) >= 11 is 1.49. The van der Waals surface area contributed by atoms with E-state index in [1.165, 1.54) is 23.9 Å². The molecule has 0 bridgehead atoms. The second kappa shape index (κ2) is 5.50. The van der Waals surface area contributed by atoms with Crippen molar-refractivity contribution in [1.82, 2.24) is 5.32 Å². The van der Waals surface area contributed by atoms with E-state index in [1.54, 1.807) is 24.3 Å². The molecule has 6 heteroatoms. The number of thioether (sulfide) groups is 1. The Morgan fingerprint density at radius 3 is 2.90 bits per heavy atom. The lowest BCUT2D eigenvalue weighted by atomic mass is 10.1. The van der Waals surface area contributed by atoms with Crippen LogP contribution in [0.2, 0.25) is 0 Å². The minimum Gasteiger partial charge on any atom is -0.451 e. The van der Waals surface area contributed by atoms with Crippen molar-refractivity contribution >= 4 is 22.8 Å². The van der Waals surface area contributed by atoms with Gasteiger partial charge in [-0.3, -0.25) is 15.1 Å². The zero-order valence-corrected chi connectivity index (χ0v) is 11.2. The van der Waals surface area contributed by atoms with Crippen LogP contribution in [0, 0.1) is 5.82 Å². The van der Waals surface area contributed by atoms with Crippen molar-refractivity contribution in [2.45, 2.75) is 0 Å². The number of rotatable bonds is 2. The fourth-order valence-electron chi connectivity index (χ4n) is 1.84. The van der Waals surface area contributed by atoms with E-state index in [1.807, 2.05) is 0 Å². The van der Waals surface area contributed by atoms with Gasteiger partial charge in [-0.2, -0.15) is 0 Å². The maximum Gasteiger partial charge on any atom is 0.292 e. The number of benzene rings is 1. The van der Waals surface area contributed by atoms with Crippen LogP contribution in [-0.2, 0) is 0 Å². The Labute approximate surface area is 119 Å². The van der Waals surface area contributed by atoms with Gasteiger partial charge in [-0.15, -0.1) is 0 Å². The van der Waals surface area contributed by atoms with E-state index in [0.717, 1.165) is 5.75 Å². The van der Waals surface area contributed by atoms with Crippen LogP contribution in [0.3, 0.4) is 0 Å². The van der Waals surface area contributed by atoms with E-state index in [0.29, 0.717) is 23.0 Å². The number of halogens is 1. The van der Waals surface area contributed by atoms with E-state index < -0.39 is 0 Å². The van der Waals surface area contributed by atoms with Crippen molar-refractivity contribution in [3.05, 3.63) is 48.0 Å². The van der Waals surface area contributed by atoms with Crippen molar-refractivity contribution in [3.8, 4) is 11.3 Å². The van der Waals surface area contributed by atoms with Crippen molar-refractivity contribution < 1.29 is 13.6 Å². The number of carbonyl (C=O) groups excluding carboxylic acids is 1. The first-order valence-electron chi connectivity index (χ1n) is 6.07. The third-order valence-corrected chi connectivity index (χ3v) is 3.67. The molecule has 1 aliphatic heterocycles.